The average Bonchev–Trinajstić information content (AvgIpc) is 2.34. The summed E-state index contributed by atoms with van der Waals surface area (Å²) in [5.74, 6) is -1.43. The number of rotatable bonds is 6. The molecule has 0 saturated heterocycles. The van der Waals surface area contributed by atoms with Gasteiger partial charge in [-0.15, -0.1) is 0 Å². The number of sulfonamides is 1. The molecule has 1 aromatic rings. The van der Waals surface area contributed by atoms with E-state index in [4.69, 9.17) is 11.6 Å². The zero-order valence-corrected chi connectivity index (χ0v) is 12.7. The molecule has 0 aliphatic heterocycles. The van der Waals surface area contributed by atoms with Crippen molar-refractivity contribution in [2.24, 2.45) is 0 Å². The van der Waals surface area contributed by atoms with Gasteiger partial charge in [0.05, 0.1) is 6.04 Å². The van der Waals surface area contributed by atoms with Gasteiger partial charge in [0, 0.05) is 11.6 Å². The highest BCUT2D eigenvalue weighted by molar-refractivity contribution is 7.89. The van der Waals surface area contributed by atoms with Gasteiger partial charge in [0.1, 0.15) is 10.7 Å². The lowest BCUT2D eigenvalue weighted by Gasteiger charge is -2.14. The Hall–Kier alpha value is -1.18. The van der Waals surface area contributed by atoms with Crippen molar-refractivity contribution in [1.29, 1.82) is 0 Å². The molecule has 0 aliphatic carbocycles. The summed E-state index contributed by atoms with van der Waals surface area (Å²) in [6.45, 7) is 3.70. The number of amides is 1. The van der Waals surface area contributed by atoms with Crippen LogP contribution in [0.2, 0.25) is 5.02 Å². The maximum Gasteiger partial charge on any atom is 0.244 e. The SMILES string of the molecule is CCCNC(=O)[C@H](C)NS(=O)(=O)c1ccc(Cl)cc1F. The molecule has 1 amide bonds. The van der Waals surface area contributed by atoms with E-state index in [1.165, 1.54) is 13.0 Å². The molecule has 2 N–H and O–H groups in total. The van der Waals surface area contributed by atoms with E-state index in [1.807, 2.05) is 6.92 Å². The number of hydrogen-bond acceptors (Lipinski definition) is 3. The van der Waals surface area contributed by atoms with Gasteiger partial charge >= 0.3 is 0 Å². The smallest absolute Gasteiger partial charge is 0.244 e. The number of hydrogen-bond donors (Lipinski definition) is 2. The van der Waals surface area contributed by atoms with E-state index >= 15 is 0 Å². The number of carbonyl (C=O) groups is 1. The van der Waals surface area contributed by atoms with E-state index in [9.17, 15) is 17.6 Å². The largest absolute Gasteiger partial charge is 0.355 e. The molecule has 0 aliphatic rings. The fourth-order valence-electron chi connectivity index (χ4n) is 1.44. The van der Waals surface area contributed by atoms with Crippen LogP contribution in [0.4, 0.5) is 4.39 Å². The summed E-state index contributed by atoms with van der Waals surface area (Å²) in [5, 5.41) is 2.64. The fraction of sp³-hybridized carbons (Fsp3) is 0.417. The van der Waals surface area contributed by atoms with Crippen molar-refractivity contribution in [1.82, 2.24) is 10.0 Å². The van der Waals surface area contributed by atoms with Crippen molar-refractivity contribution in [3.8, 4) is 0 Å². The lowest BCUT2D eigenvalue weighted by atomic mass is 10.3. The quantitative estimate of drug-likeness (QED) is 0.836. The Labute approximate surface area is 122 Å². The standard InChI is InChI=1S/C12H16ClFN2O3S/c1-3-6-15-12(17)8(2)16-20(18,19)11-5-4-9(13)7-10(11)14/h4-5,7-8,16H,3,6H2,1-2H3,(H,15,17)/t8-/m0/s1. The lowest BCUT2D eigenvalue weighted by molar-refractivity contribution is -0.122. The first kappa shape index (κ1) is 16.9. The van der Waals surface area contributed by atoms with Gasteiger partial charge in [0.15, 0.2) is 0 Å². The highest BCUT2D eigenvalue weighted by Gasteiger charge is 2.24. The van der Waals surface area contributed by atoms with Crippen LogP contribution in [0.5, 0.6) is 0 Å². The highest BCUT2D eigenvalue weighted by atomic mass is 35.5. The predicted molar refractivity (Wildman–Crippen MR) is 74.5 cm³/mol. The zero-order valence-electron chi connectivity index (χ0n) is 11.1. The molecule has 0 saturated carbocycles. The Morgan fingerprint density at radius 2 is 2.10 bits per heavy atom. The molecule has 20 heavy (non-hydrogen) atoms. The van der Waals surface area contributed by atoms with Gasteiger partial charge in [0.25, 0.3) is 0 Å². The van der Waals surface area contributed by atoms with Gasteiger partial charge in [0.2, 0.25) is 15.9 Å². The normalized spacial score (nSPS) is 13.0. The molecule has 0 heterocycles. The van der Waals surface area contributed by atoms with E-state index in [1.54, 1.807) is 0 Å². The summed E-state index contributed by atoms with van der Waals surface area (Å²) >= 11 is 5.56. The van der Waals surface area contributed by atoms with Crippen LogP contribution < -0.4 is 10.0 Å². The minimum Gasteiger partial charge on any atom is -0.355 e. The van der Waals surface area contributed by atoms with Gasteiger partial charge in [-0.1, -0.05) is 18.5 Å². The molecule has 1 atom stereocenters. The van der Waals surface area contributed by atoms with Crippen molar-refractivity contribution in [3.05, 3.63) is 29.0 Å². The molecule has 1 aromatic carbocycles. The second-order valence-electron chi connectivity index (χ2n) is 4.21. The Morgan fingerprint density at radius 3 is 2.65 bits per heavy atom. The average molecular weight is 323 g/mol. The fourth-order valence-corrected chi connectivity index (χ4v) is 2.87. The minimum atomic E-state index is -4.12. The lowest BCUT2D eigenvalue weighted by Crippen LogP contribution is -2.45. The van der Waals surface area contributed by atoms with Gasteiger partial charge in [-0.3, -0.25) is 4.79 Å². The zero-order chi connectivity index (χ0) is 15.3. The van der Waals surface area contributed by atoms with E-state index < -0.39 is 32.7 Å². The third kappa shape index (κ3) is 4.43. The second kappa shape index (κ2) is 7.01. The van der Waals surface area contributed by atoms with Crippen LogP contribution in [0.15, 0.2) is 23.1 Å². The molecule has 8 heteroatoms. The molecular weight excluding hydrogens is 307 g/mol. The maximum atomic E-state index is 13.6. The molecule has 0 bridgehead atoms. The van der Waals surface area contributed by atoms with Crippen molar-refractivity contribution in [3.63, 3.8) is 0 Å². The summed E-state index contributed by atoms with van der Waals surface area (Å²) in [7, 11) is -4.12. The Kier molecular flexibility index (Phi) is 5.91. The van der Waals surface area contributed by atoms with Crippen LogP contribution >= 0.6 is 11.6 Å². The number of halogens is 2. The summed E-state index contributed by atoms with van der Waals surface area (Å²) in [6.07, 6.45) is 0.733. The predicted octanol–water partition coefficient (Wildman–Crippen LogP) is 1.67. The highest BCUT2D eigenvalue weighted by Crippen LogP contribution is 2.19. The third-order valence-corrected chi connectivity index (χ3v) is 4.27. The topological polar surface area (TPSA) is 75.3 Å². The van der Waals surface area contributed by atoms with Crippen molar-refractivity contribution in [2.75, 3.05) is 6.54 Å². The Balaban J connectivity index is 2.87. The van der Waals surface area contributed by atoms with E-state index in [0.717, 1.165) is 18.6 Å². The molecule has 112 valence electrons. The van der Waals surface area contributed by atoms with E-state index in [2.05, 4.69) is 10.0 Å². The van der Waals surface area contributed by atoms with E-state index in [-0.39, 0.29) is 5.02 Å². The third-order valence-electron chi connectivity index (χ3n) is 2.46. The molecular formula is C12H16ClFN2O3S. The van der Waals surface area contributed by atoms with Gasteiger partial charge in [-0.2, -0.15) is 4.72 Å². The van der Waals surface area contributed by atoms with Crippen LogP contribution in [0, 0.1) is 5.82 Å². The summed E-state index contributed by atoms with van der Waals surface area (Å²) in [4.78, 5) is 11.1. The van der Waals surface area contributed by atoms with Crippen molar-refractivity contribution in [2.45, 2.75) is 31.2 Å². The number of carbonyl (C=O) groups excluding carboxylic acids is 1. The van der Waals surface area contributed by atoms with Crippen LogP contribution in [0.25, 0.3) is 0 Å². The van der Waals surface area contributed by atoms with Gasteiger partial charge in [-0.05, 0) is 31.5 Å². The summed E-state index contributed by atoms with van der Waals surface area (Å²) < 4.78 is 39.7. The molecule has 0 aromatic heterocycles. The first-order valence-corrected chi connectivity index (χ1v) is 7.89. The molecule has 5 nitrogen and oxygen atoms in total. The molecule has 0 fully saturated rings. The Morgan fingerprint density at radius 1 is 1.45 bits per heavy atom. The van der Waals surface area contributed by atoms with Crippen LogP contribution in [0.3, 0.4) is 0 Å². The minimum absolute atomic E-state index is 0.0928. The van der Waals surface area contributed by atoms with Crippen LogP contribution in [0.1, 0.15) is 20.3 Å². The monoisotopic (exact) mass is 322 g/mol. The van der Waals surface area contributed by atoms with Crippen LogP contribution in [-0.4, -0.2) is 26.9 Å². The summed E-state index contributed by atoms with van der Waals surface area (Å²) in [6, 6.07) is 2.22. The first-order chi connectivity index (χ1) is 9.27. The van der Waals surface area contributed by atoms with Crippen molar-refractivity contribution >= 4 is 27.5 Å². The van der Waals surface area contributed by atoms with Gasteiger partial charge < -0.3 is 5.32 Å². The first-order valence-electron chi connectivity index (χ1n) is 6.03. The van der Waals surface area contributed by atoms with Crippen LogP contribution in [-0.2, 0) is 14.8 Å². The molecule has 1 rings (SSSR count). The maximum absolute atomic E-state index is 13.6. The number of nitrogens with one attached hydrogen (secondary N) is 2. The Bertz CT molecular complexity index is 592. The number of benzene rings is 1. The summed E-state index contributed by atoms with van der Waals surface area (Å²) in [5.41, 5.74) is 0. The van der Waals surface area contributed by atoms with Gasteiger partial charge in [-0.25, -0.2) is 12.8 Å². The van der Waals surface area contributed by atoms with Crippen molar-refractivity contribution < 1.29 is 17.6 Å². The molecule has 0 unspecified atom stereocenters. The second-order valence-corrected chi connectivity index (χ2v) is 6.33. The molecule has 0 spiro atoms. The molecule has 0 radical (unpaired) electrons. The van der Waals surface area contributed by atoms with E-state index in [0.29, 0.717) is 6.54 Å².